The molecule has 1 N–H and O–H groups in total. The highest BCUT2D eigenvalue weighted by atomic mass is 32.2. The standard InChI is InChI=1S/C20H21N3O4S2/c24-18(15-29(25,26)14-16-8-3-1-4-9-16)21-20-23-22-19(28-20)12-7-13-27-17-10-5-2-6-11-17/h1-6,8-11H,7,12-15H2,(H,21,23,24). The Labute approximate surface area is 173 Å². The summed E-state index contributed by atoms with van der Waals surface area (Å²) in [5.41, 5.74) is 0.649. The monoisotopic (exact) mass is 431 g/mol. The van der Waals surface area contributed by atoms with Gasteiger partial charge in [0.25, 0.3) is 0 Å². The van der Waals surface area contributed by atoms with Crippen molar-refractivity contribution in [1.82, 2.24) is 10.2 Å². The minimum Gasteiger partial charge on any atom is -0.494 e. The van der Waals surface area contributed by atoms with E-state index in [0.717, 1.165) is 17.2 Å². The third-order valence-electron chi connectivity index (χ3n) is 3.84. The van der Waals surface area contributed by atoms with Gasteiger partial charge in [0.2, 0.25) is 11.0 Å². The maximum Gasteiger partial charge on any atom is 0.241 e. The zero-order chi connectivity index (χ0) is 20.5. The zero-order valence-electron chi connectivity index (χ0n) is 15.7. The van der Waals surface area contributed by atoms with Gasteiger partial charge >= 0.3 is 0 Å². The molecule has 0 unspecified atom stereocenters. The van der Waals surface area contributed by atoms with Gasteiger partial charge in [0.05, 0.1) is 12.4 Å². The summed E-state index contributed by atoms with van der Waals surface area (Å²) >= 11 is 1.23. The molecule has 9 heteroatoms. The van der Waals surface area contributed by atoms with Crippen molar-refractivity contribution in [3.8, 4) is 5.75 Å². The van der Waals surface area contributed by atoms with Crippen LogP contribution < -0.4 is 10.1 Å². The molecule has 152 valence electrons. The van der Waals surface area contributed by atoms with Crippen LogP contribution in [0.15, 0.2) is 60.7 Å². The van der Waals surface area contributed by atoms with E-state index < -0.39 is 21.5 Å². The predicted octanol–water partition coefficient (Wildman–Crippen LogP) is 3.10. The Morgan fingerprint density at radius 3 is 2.41 bits per heavy atom. The van der Waals surface area contributed by atoms with Crippen molar-refractivity contribution in [2.75, 3.05) is 17.7 Å². The van der Waals surface area contributed by atoms with Gasteiger partial charge in [-0.05, 0) is 24.1 Å². The molecule has 0 aliphatic heterocycles. The molecular formula is C20H21N3O4S2. The highest BCUT2D eigenvalue weighted by Crippen LogP contribution is 2.17. The lowest BCUT2D eigenvalue weighted by Crippen LogP contribution is -2.23. The molecule has 2 aromatic carbocycles. The number of hydrogen-bond donors (Lipinski definition) is 1. The second-order valence-electron chi connectivity index (χ2n) is 6.33. The van der Waals surface area contributed by atoms with Crippen LogP contribution >= 0.6 is 11.3 Å². The van der Waals surface area contributed by atoms with Gasteiger partial charge in [-0.15, -0.1) is 10.2 Å². The van der Waals surface area contributed by atoms with E-state index in [2.05, 4.69) is 15.5 Å². The Morgan fingerprint density at radius 2 is 1.69 bits per heavy atom. The summed E-state index contributed by atoms with van der Waals surface area (Å²) in [4.78, 5) is 12.1. The first-order valence-electron chi connectivity index (χ1n) is 9.05. The number of benzene rings is 2. The number of aryl methyl sites for hydroxylation is 1. The Bertz CT molecular complexity index is 1020. The van der Waals surface area contributed by atoms with E-state index in [1.54, 1.807) is 24.3 Å². The quantitative estimate of drug-likeness (QED) is 0.495. The van der Waals surface area contributed by atoms with E-state index in [-0.39, 0.29) is 5.75 Å². The van der Waals surface area contributed by atoms with Crippen LogP contribution in [0.2, 0.25) is 0 Å². The number of carbonyl (C=O) groups is 1. The molecule has 3 rings (SSSR count). The van der Waals surface area contributed by atoms with Gasteiger partial charge in [0.1, 0.15) is 16.5 Å². The van der Waals surface area contributed by atoms with E-state index in [4.69, 9.17) is 4.74 Å². The summed E-state index contributed by atoms with van der Waals surface area (Å²) in [5.74, 6) is -0.573. The average Bonchev–Trinajstić information content (AvgIpc) is 3.13. The topological polar surface area (TPSA) is 98.2 Å². The van der Waals surface area contributed by atoms with Crippen molar-refractivity contribution in [2.24, 2.45) is 0 Å². The van der Waals surface area contributed by atoms with Crippen LogP contribution in [0.5, 0.6) is 5.75 Å². The van der Waals surface area contributed by atoms with Gasteiger partial charge in [-0.3, -0.25) is 10.1 Å². The van der Waals surface area contributed by atoms with Crippen LogP contribution in [-0.2, 0) is 26.8 Å². The van der Waals surface area contributed by atoms with E-state index in [1.165, 1.54) is 11.3 Å². The SMILES string of the molecule is O=C(CS(=O)(=O)Cc1ccccc1)Nc1nnc(CCCOc2ccccc2)s1. The third kappa shape index (κ3) is 7.28. The second-order valence-corrected chi connectivity index (χ2v) is 9.46. The molecule has 0 aliphatic carbocycles. The second kappa shape index (κ2) is 10.1. The normalized spacial score (nSPS) is 11.2. The average molecular weight is 432 g/mol. The summed E-state index contributed by atoms with van der Waals surface area (Å²) in [5, 5.41) is 11.5. The summed E-state index contributed by atoms with van der Waals surface area (Å²) in [6.45, 7) is 0.545. The summed E-state index contributed by atoms with van der Waals surface area (Å²) < 4.78 is 30.0. The van der Waals surface area contributed by atoms with E-state index in [9.17, 15) is 13.2 Å². The number of rotatable bonds is 10. The number of carbonyl (C=O) groups excluding carboxylic acids is 1. The number of ether oxygens (including phenoxy) is 1. The van der Waals surface area contributed by atoms with Crippen LogP contribution in [0.4, 0.5) is 5.13 Å². The largest absolute Gasteiger partial charge is 0.494 e. The number of nitrogens with one attached hydrogen (secondary N) is 1. The molecule has 0 spiro atoms. The van der Waals surface area contributed by atoms with E-state index in [1.807, 2.05) is 36.4 Å². The van der Waals surface area contributed by atoms with Gasteiger partial charge in [0.15, 0.2) is 9.84 Å². The maximum absolute atomic E-state index is 12.2. The Balaban J connectivity index is 1.42. The lowest BCUT2D eigenvalue weighted by atomic mass is 10.2. The minimum atomic E-state index is -3.56. The van der Waals surface area contributed by atoms with Gasteiger partial charge in [-0.25, -0.2) is 8.42 Å². The lowest BCUT2D eigenvalue weighted by molar-refractivity contribution is -0.113. The van der Waals surface area contributed by atoms with Gasteiger partial charge < -0.3 is 4.74 Å². The lowest BCUT2D eigenvalue weighted by Gasteiger charge is -2.04. The maximum atomic E-state index is 12.2. The molecule has 0 fully saturated rings. The fourth-order valence-electron chi connectivity index (χ4n) is 2.57. The predicted molar refractivity (Wildman–Crippen MR) is 113 cm³/mol. The van der Waals surface area contributed by atoms with Gasteiger partial charge in [-0.2, -0.15) is 0 Å². The van der Waals surface area contributed by atoms with Crippen molar-refractivity contribution in [3.63, 3.8) is 0 Å². The van der Waals surface area contributed by atoms with Crippen LogP contribution in [0.25, 0.3) is 0 Å². The number of para-hydroxylation sites is 1. The van der Waals surface area contributed by atoms with Crippen LogP contribution in [0, 0.1) is 0 Å². The van der Waals surface area contributed by atoms with Crippen LogP contribution in [-0.4, -0.2) is 36.9 Å². The first-order chi connectivity index (χ1) is 14.0. The number of aromatic nitrogens is 2. The summed E-state index contributed by atoms with van der Waals surface area (Å²) in [6, 6.07) is 18.3. The summed E-state index contributed by atoms with van der Waals surface area (Å²) in [7, 11) is -3.56. The first kappa shape index (κ1) is 20.9. The number of sulfone groups is 1. The molecule has 29 heavy (non-hydrogen) atoms. The van der Waals surface area contributed by atoms with Crippen molar-refractivity contribution in [2.45, 2.75) is 18.6 Å². The molecule has 3 aromatic rings. The molecule has 0 atom stereocenters. The Hall–Kier alpha value is -2.78. The number of anilines is 1. The molecule has 0 saturated heterocycles. The van der Waals surface area contributed by atoms with E-state index >= 15 is 0 Å². The molecule has 1 heterocycles. The fourth-order valence-corrected chi connectivity index (χ4v) is 4.64. The Morgan fingerprint density at radius 1 is 1.00 bits per heavy atom. The number of hydrogen-bond acceptors (Lipinski definition) is 7. The van der Waals surface area contributed by atoms with Gasteiger partial charge in [-0.1, -0.05) is 59.9 Å². The molecule has 0 aliphatic rings. The zero-order valence-corrected chi connectivity index (χ0v) is 17.3. The van der Waals surface area contributed by atoms with Crippen molar-refractivity contribution in [3.05, 3.63) is 71.2 Å². The highest BCUT2D eigenvalue weighted by Gasteiger charge is 2.18. The molecule has 1 aromatic heterocycles. The third-order valence-corrected chi connectivity index (χ3v) is 6.21. The van der Waals surface area contributed by atoms with E-state index in [0.29, 0.717) is 23.7 Å². The smallest absolute Gasteiger partial charge is 0.241 e. The number of nitrogens with zero attached hydrogens (tertiary/aromatic N) is 2. The Kier molecular flexibility index (Phi) is 7.31. The minimum absolute atomic E-state index is 0.177. The molecule has 0 radical (unpaired) electrons. The molecule has 0 bridgehead atoms. The van der Waals surface area contributed by atoms with Crippen molar-refractivity contribution < 1.29 is 17.9 Å². The van der Waals surface area contributed by atoms with Crippen LogP contribution in [0.1, 0.15) is 17.0 Å². The first-order valence-corrected chi connectivity index (χ1v) is 11.7. The van der Waals surface area contributed by atoms with Crippen molar-refractivity contribution >= 4 is 32.2 Å². The van der Waals surface area contributed by atoms with Crippen LogP contribution in [0.3, 0.4) is 0 Å². The summed E-state index contributed by atoms with van der Waals surface area (Å²) in [6.07, 6.45) is 1.41. The molecular weight excluding hydrogens is 410 g/mol. The number of amides is 1. The molecule has 7 nitrogen and oxygen atoms in total. The molecule has 1 amide bonds. The fraction of sp³-hybridized carbons (Fsp3) is 0.250. The highest BCUT2D eigenvalue weighted by molar-refractivity contribution is 7.91. The molecule has 0 saturated carbocycles. The van der Waals surface area contributed by atoms with Crippen molar-refractivity contribution in [1.29, 1.82) is 0 Å². The van der Waals surface area contributed by atoms with Gasteiger partial charge in [0, 0.05) is 6.42 Å².